The molecule has 1 aliphatic rings. The maximum atomic E-state index is 12.7. The molecule has 1 fully saturated rings. The van der Waals surface area contributed by atoms with Crippen molar-refractivity contribution in [2.24, 2.45) is 0 Å². The van der Waals surface area contributed by atoms with Gasteiger partial charge in [0.15, 0.2) is 15.5 Å². The van der Waals surface area contributed by atoms with E-state index in [1.165, 1.54) is 12.8 Å². The van der Waals surface area contributed by atoms with Crippen molar-refractivity contribution in [1.82, 2.24) is 10.2 Å². The van der Waals surface area contributed by atoms with E-state index in [1.54, 1.807) is 36.4 Å². The number of thiocarbonyl (C=S) groups is 1. The highest BCUT2D eigenvalue weighted by Crippen LogP contribution is 2.17. The molecular weight excluding hydrogens is 430 g/mol. The van der Waals surface area contributed by atoms with Crippen LogP contribution in [-0.4, -0.2) is 34.9 Å². The maximum absolute atomic E-state index is 12.7. The molecule has 0 unspecified atom stereocenters. The number of carbonyl (C=O) groups excluding carboxylic acids is 2. The van der Waals surface area contributed by atoms with Crippen molar-refractivity contribution in [3.8, 4) is 0 Å². The lowest BCUT2D eigenvalue weighted by Gasteiger charge is -2.20. The molecule has 2 amide bonds. The number of benzene rings is 1. The Morgan fingerprint density at radius 3 is 2.48 bits per heavy atom. The molecule has 142 valence electrons. The lowest BCUT2D eigenvalue weighted by atomic mass is 10.1. The van der Waals surface area contributed by atoms with Gasteiger partial charge in [0.05, 0.1) is 0 Å². The Bertz CT molecular complexity index is 844. The van der Waals surface area contributed by atoms with Crippen LogP contribution in [0.15, 0.2) is 45.5 Å². The van der Waals surface area contributed by atoms with Crippen molar-refractivity contribution in [2.45, 2.75) is 25.7 Å². The number of amides is 2. The molecule has 2 heterocycles. The van der Waals surface area contributed by atoms with Gasteiger partial charge >= 0.3 is 0 Å². The Balaban J connectivity index is 1.62. The van der Waals surface area contributed by atoms with Gasteiger partial charge in [-0.05, 0) is 71.3 Å². The van der Waals surface area contributed by atoms with Crippen LogP contribution >= 0.6 is 28.1 Å². The lowest BCUT2D eigenvalue weighted by molar-refractivity contribution is 0.0761. The van der Waals surface area contributed by atoms with Crippen molar-refractivity contribution in [3.05, 3.63) is 52.4 Å². The molecule has 3 rings (SSSR count). The highest BCUT2D eigenvalue weighted by Gasteiger charge is 2.18. The van der Waals surface area contributed by atoms with E-state index in [9.17, 15) is 9.59 Å². The van der Waals surface area contributed by atoms with Crippen LogP contribution in [0.4, 0.5) is 5.69 Å². The number of hydrogen-bond acceptors (Lipinski definition) is 4. The fourth-order valence-corrected chi connectivity index (χ4v) is 3.47. The number of nitrogens with zero attached hydrogens (tertiary/aromatic N) is 1. The zero-order chi connectivity index (χ0) is 19.2. The van der Waals surface area contributed by atoms with E-state index >= 15 is 0 Å². The van der Waals surface area contributed by atoms with E-state index in [-0.39, 0.29) is 16.8 Å². The molecule has 2 aromatic rings. The maximum Gasteiger partial charge on any atom is 0.293 e. The quantitative estimate of drug-likeness (QED) is 0.687. The van der Waals surface area contributed by atoms with Gasteiger partial charge in [0.1, 0.15) is 0 Å². The minimum atomic E-state index is -0.449. The number of halogens is 1. The summed E-state index contributed by atoms with van der Waals surface area (Å²) in [5.74, 6) is -0.276. The first-order valence-electron chi connectivity index (χ1n) is 8.80. The Kier molecular flexibility index (Phi) is 6.63. The molecule has 0 saturated carbocycles. The van der Waals surface area contributed by atoms with Crippen LogP contribution < -0.4 is 10.6 Å². The fourth-order valence-electron chi connectivity index (χ4n) is 2.95. The second-order valence-corrected chi connectivity index (χ2v) is 7.49. The summed E-state index contributed by atoms with van der Waals surface area (Å²) in [6.45, 7) is 1.59. The van der Waals surface area contributed by atoms with Gasteiger partial charge in [-0.1, -0.05) is 18.9 Å². The van der Waals surface area contributed by atoms with Crippen LogP contribution in [0, 0.1) is 0 Å². The third-order valence-corrected chi connectivity index (χ3v) is 4.92. The zero-order valence-electron chi connectivity index (χ0n) is 14.7. The molecule has 1 aromatic carbocycles. The van der Waals surface area contributed by atoms with Crippen molar-refractivity contribution in [3.63, 3.8) is 0 Å². The largest absolute Gasteiger partial charge is 0.444 e. The predicted molar refractivity (Wildman–Crippen MR) is 111 cm³/mol. The summed E-state index contributed by atoms with van der Waals surface area (Å²) in [4.78, 5) is 26.7. The second-order valence-electron chi connectivity index (χ2n) is 6.30. The Morgan fingerprint density at radius 2 is 1.81 bits per heavy atom. The minimum absolute atomic E-state index is 0.0240. The van der Waals surface area contributed by atoms with E-state index in [2.05, 4.69) is 26.6 Å². The van der Waals surface area contributed by atoms with Crippen molar-refractivity contribution < 1.29 is 14.0 Å². The summed E-state index contributed by atoms with van der Waals surface area (Å²) in [5.41, 5.74) is 1.24. The van der Waals surface area contributed by atoms with E-state index in [0.29, 0.717) is 15.9 Å². The highest BCUT2D eigenvalue weighted by molar-refractivity contribution is 9.10. The summed E-state index contributed by atoms with van der Waals surface area (Å²) < 4.78 is 5.66. The number of likely N-dealkylation sites (tertiary alicyclic amines) is 1. The Hall–Kier alpha value is -2.19. The van der Waals surface area contributed by atoms with Gasteiger partial charge in [-0.15, -0.1) is 0 Å². The molecule has 6 nitrogen and oxygen atoms in total. The molecule has 1 saturated heterocycles. The monoisotopic (exact) mass is 449 g/mol. The molecule has 2 N–H and O–H groups in total. The van der Waals surface area contributed by atoms with Crippen LogP contribution in [0.1, 0.15) is 46.6 Å². The van der Waals surface area contributed by atoms with Crippen LogP contribution in [0.5, 0.6) is 0 Å². The first kappa shape index (κ1) is 19.6. The van der Waals surface area contributed by atoms with Crippen LogP contribution in [0.3, 0.4) is 0 Å². The van der Waals surface area contributed by atoms with Crippen LogP contribution in [0.2, 0.25) is 0 Å². The SMILES string of the molecule is O=C(NC(=S)Nc1cccc(C(=O)N2CCCCCC2)c1)c1ccc(Br)o1. The highest BCUT2D eigenvalue weighted by atomic mass is 79.9. The van der Waals surface area contributed by atoms with Gasteiger partial charge in [0.25, 0.3) is 11.8 Å². The number of nitrogens with one attached hydrogen (secondary N) is 2. The van der Waals surface area contributed by atoms with E-state index < -0.39 is 5.91 Å². The fraction of sp³-hybridized carbons (Fsp3) is 0.316. The molecule has 8 heteroatoms. The summed E-state index contributed by atoms with van der Waals surface area (Å²) >= 11 is 8.33. The predicted octanol–water partition coefficient (Wildman–Crippen LogP) is 4.19. The third-order valence-electron chi connectivity index (χ3n) is 4.28. The van der Waals surface area contributed by atoms with Crippen molar-refractivity contribution >= 4 is 50.8 Å². The van der Waals surface area contributed by atoms with Gasteiger partial charge < -0.3 is 14.6 Å². The zero-order valence-corrected chi connectivity index (χ0v) is 17.1. The van der Waals surface area contributed by atoms with Crippen LogP contribution in [-0.2, 0) is 0 Å². The van der Waals surface area contributed by atoms with Crippen LogP contribution in [0.25, 0.3) is 0 Å². The van der Waals surface area contributed by atoms with Crippen molar-refractivity contribution in [2.75, 3.05) is 18.4 Å². The Labute approximate surface area is 171 Å². The van der Waals surface area contributed by atoms with E-state index in [0.717, 1.165) is 25.9 Å². The molecule has 0 atom stereocenters. The average molecular weight is 450 g/mol. The smallest absolute Gasteiger partial charge is 0.293 e. The van der Waals surface area contributed by atoms with Gasteiger partial charge in [0.2, 0.25) is 0 Å². The number of carbonyl (C=O) groups is 2. The standard InChI is InChI=1S/C19H20BrN3O3S/c20-16-9-8-15(26-16)17(24)22-19(27)21-14-7-5-6-13(12-14)18(25)23-10-3-1-2-4-11-23/h5-9,12H,1-4,10-11H2,(H2,21,22,24,27). The van der Waals surface area contributed by atoms with Gasteiger partial charge in [-0.2, -0.15) is 0 Å². The summed E-state index contributed by atoms with van der Waals surface area (Å²) in [7, 11) is 0. The molecule has 1 aliphatic heterocycles. The number of anilines is 1. The average Bonchev–Trinajstić information content (AvgIpc) is 2.91. The number of rotatable bonds is 3. The van der Waals surface area contributed by atoms with E-state index in [4.69, 9.17) is 16.6 Å². The second kappa shape index (κ2) is 9.14. The molecule has 1 aromatic heterocycles. The Morgan fingerprint density at radius 1 is 1.07 bits per heavy atom. The van der Waals surface area contributed by atoms with Gasteiger partial charge in [-0.25, -0.2) is 0 Å². The first-order valence-corrected chi connectivity index (χ1v) is 10.00. The van der Waals surface area contributed by atoms with E-state index in [1.807, 2.05) is 4.90 Å². The molecule has 0 spiro atoms. The van der Waals surface area contributed by atoms with Gasteiger partial charge in [-0.3, -0.25) is 14.9 Å². The molecule has 0 bridgehead atoms. The summed E-state index contributed by atoms with van der Waals surface area (Å²) in [6.07, 6.45) is 4.43. The molecule has 0 aliphatic carbocycles. The molecule has 0 radical (unpaired) electrons. The normalized spacial score (nSPS) is 14.3. The molecular formula is C19H20BrN3O3S. The first-order chi connectivity index (χ1) is 13.0. The summed E-state index contributed by atoms with van der Waals surface area (Å²) in [6, 6.07) is 10.3. The lowest BCUT2D eigenvalue weighted by Crippen LogP contribution is -2.34. The summed E-state index contributed by atoms with van der Waals surface area (Å²) in [5, 5.41) is 5.62. The van der Waals surface area contributed by atoms with Crippen molar-refractivity contribution in [1.29, 1.82) is 0 Å². The minimum Gasteiger partial charge on any atom is -0.444 e. The third kappa shape index (κ3) is 5.40. The topological polar surface area (TPSA) is 74.6 Å². The number of furan rings is 1. The number of hydrogen-bond donors (Lipinski definition) is 2. The van der Waals surface area contributed by atoms with Gasteiger partial charge in [0, 0.05) is 24.3 Å². The molecule has 27 heavy (non-hydrogen) atoms.